The minimum atomic E-state index is -4.43. The number of alkyl halides is 3. The number of alkyl carbamates (subject to hydrolysis) is 1. The van der Waals surface area contributed by atoms with Gasteiger partial charge in [-0.25, -0.2) is 17.6 Å². The number of hydrogen-bond acceptors (Lipinski definition) is 7. The number of benzene rings is 1. The molecular weight excluding hydrogens is 666 g/mol. The Labute approximate surface area is 276 Å². The molecule has 47 heavy (non-hydrogen) atoms. The fourth-order valence-electron chi connectivity index (χ4n) is 7.20. The van der Waals surface area contributed by atoms with E-state index in [0.717, 1.165) is 19.7 Å². The summed E-state index contributed by atoms with van der Waals surface area (Å²) in [7, 11) is -2.39. The number of ether oxygens (including phenoxy) is 1. The zero-order valence-electron chi connectivity index (χ0n) is 25.8. The summed E-state index contributed by atoms with van der Waals surface area (Å²) in [5.74, 6) is -3.07. The van der Waals surface area contributed by atoms with E-state index in [1.807, 2.05) is 0 Å². The van der Waals surface area contributed by atoms with Crippen LogP contribution in [-0.2, 0) is 31.4 Å². The molecular formula is C31H38ClF4N5O5S. The molecule has 0 radical (unpaired) electrons. The Kier molecular flexibility index (Phi) is 10.7. The van der Waals surface area contributed by atoms with Crippen LogP contribution in [0.25, 0.3) is 0 Å². The molecule has 1 aliphatic carbocycles. The third-order valence-corrected chi connectivity index (χ3v) is 12.0. The normalized spacial score (nSPS) is 28.0. The van der Waals surface area contributed by atoms with Crippen LogP contribution < -0.4 is 16.0 Å². The van der Waals surface area contributed by atoms with Gasteiger partial charge in [0.25, 0.3) is 0 Å². The maximum atomic E-state index is 15.3. The first-order valence-electron chi connectivity index (χ1n) is 15.6. The molecule has 2 aliphatic heterocycles. The van der Waals surface area contributed by atoms with E-state index in [1.54, 1.807) is 24.3 Å². The number of carbonyl (C=O) groups is 2. The number of rotatable bonds is 8. The number of fused-ring (bicyclic) bond motifs is 2. The monoisotopic (exact) mass is 703 g/mol. The highest BCUT2D eigenvalue weighted by Crippen LogP contribution is 2.49. The number of methoxy groups -OCH3 is 1. The van der Waals surface area contributed by atoms with E-state index in [2.05, 4.69) is 20.9 Å². The van der Waals surface area contributed by atoms with Crippen molar-refractivity contribution in [1.29, 1.82) is 0 Å². The van der Waals surface area contributed by atoms with E-state index >= 15 is 4.39 Å². The Morgan fingerprint density at radius 2 is 1.87 bits per heavy atom. The lowest BCUT2D eigenvalue weighted by atomic mass is 9.62. The van der Waals surface area contributed by atoms with E-state index in [0.29, 0.717) is 30.1 Å². The molecule has 16 heteroatoms. The van der Waals surface area contributed by atoms with Gasteiger partial charge in [-0.1, -0.05) is 23.7 Å². The second kappa shape index (κ2) is 14.2. The Morgan fingerprint density at radius 1 is 1.17 bits per heavy atom. The highest BCUT2D eigenvalue weighted by Gasteiger charge is 2.52. The van der Waals surface area contributed by atoms with Crippen molar-refractivity contribution in [2.45, 2.75) is 81.1 Å². The van der Waals surface area contributed by atoms with Crippen LogP contribution in [0.15, 0.2) is 36.7 Å². The summed E-state index contributed by atoms with van der Waals surface area (Å²) in [6.45, 7) is 0.726. The molecule has 1 aromatic carbocycles. The van der Waals surface area contributed by atoms with Gasteiger partial charge in [0.15, 0.2) is 0 Å². The van der Waals surface area contributed by atoms with Crippen LogP contribution in [0.1, 0.15) is 56.1 Å². The van der Waals surface area contributed by atoms with Crippen molar-refractivity contribution in [3.05, 3.63) is 58.6 Å². The molecule has 3 fully saturated rings. The topological polar surface area (TPSA) is 130 Å². The fourth-order valence-corrected chi connectivity index (χ4v) is 9.13. The van der Waals surface area contributed by atoms with Crippen molar-refractivity contribution in [2.24, 2.45) is 5.92 Å². The zero-order chi connectivity index (χ0) is 34.0. The molecule has 3 aliphatic rings. The lowest BCUT2D eigenvalue weighted by molar-refractivity contribution is -0.185. The Bertz CT molecular complexity index is 1550. The molecule has 0 spiro atoms. The fraction of sp³-hybridized carbons (Fsp3) is 0.581. The number of piperazine rings is 1. The predicted molar refractivity (Wildman–Crippen MR) is 167 cm³/mol. The largest absolute Gasteiger partial charge is 0.453 e. The molecule has 3 heterocycles. The maximum Gasteiger partial charge on any atom is 0.407 e. The summed E-state index contributed by atoms with van der Waals surface area (Å²) in [5.41, 5.74) is -0.710. The average Bonchev–Trinajstić information content (AvgIpc) is 3.14. The van der Waals surface area contributed by atoms with Crippen molar-refractivity contribution in [3.63, 3.8) is 0 Å². The third-order valence-electron chi connectivity index (χ3n) is 9.77. The number of hydrogen-bond donors (Lipinski definition) is 3. The lowest BCUT2D eigenvalue weighted by Gasteiger charge is -2.45. The molecule has 258 valence electrons. The molecule has 2 bridgehead atoms. The SMILES string of the molecule is COC(=O)N[C@H](C(=O)Nc1cncc(F)c1CC[C@H]1CN[C@@H]2CCCS(=O)(=O)N1C2)[C@]1(c2ccc(Cl)cc2)CC[C@H](C(F)(F)F)CC1. The van der Waals surface area contributed by atoms with Crippen LogP contribution in [-0.4, -0.2) is 80.0 Å². The molecule has 2 aromatic rings. The van der Waals surface area contributed by atoms with Crippen molar-refractivity contribution < 1.29 is 40.3 Å². The van der Waals surface area contributed by atoms with Gasteiger partial charge in [-0.2, -0.15) is 17.5 Å². The standard InChI is InChI=1S/C31H38ClF4N5O5S/c1-46-29(43)40-27(30(19-4-6-21(32)7-5-19)12-10-20(11-13-30)31(34,35)36)28(42)39-26-17-37-16-25(33)24(26)9-8-23-15-38-22-3-2-14-47(44,45)41(23)18-22/h4-7,16-17,20,22-23,27,38H,2-3,8-15,18H2,1H3,(H,39,42)(H,40,43)/t20-,22-,23+,27-,30+/m1/s1. The number of carbonyl (C=O) groups excluding carboxylic acids is 2. The minimum Gasteiger partial charge on any atom is -0.453 e. The zero-order valence-corrected chi connectivity index (χ0v) is 27.4. The average molecular weight is 704 g/mol. The number of nitrogens with one attached hydrogen (secondary N) is 3. The van der Waals surface area contributed by atoms with Gasteiger partial charge < -0.3 is 20.7 Å². The molecule has 2 amide bonds. The third kappa shape index (κ3) is 7.84. The molecule has 5 rings (SSSR count). The van der Waals surface area contributed by atoms with E-state index < -0.39 is 57.4 Å². The van der Waals surface area contributed by atoms with Gasteiger partial charge in [0.2, 0.25) is 15.9 Å². The minimum absolute atomic E-state index is 0.00210. The summed E-state index contributed by atoms with van der Waals surface area (Å²) in [4.78, 5) is 30.6. The summed E-state index contributed by atoms with van der Waals surface area (Å²) < 4.78 is 88.6. The summed E-state index contributed by atoms with van der Waals surface area (Å²) in [5, 5.41) is 8.96. The Morgan fingerprint density at radius 3 is 2.53 bits per heavy atom. The van der Waals surface area contributed by atoms with Gasteiger partial charge in [-0.05, 0) is 69.1 Å². The summed E-state index contributed by atoms with van der Waals surface area (Å²) in [6, 6.07) is 4.54. The van der Waals surface area contributed by atoms with E-state index in [9.17, 15) is 31.2 Å². The number of pyridine rings is 1. The van der Waals surface area contributed by atoms with Crippen LogP contribution in [0.5, 0.6) is 0 Å². The van der Waals surface area contributed by atoms with Gasteiger partial charge >= 0.3 is 12.3 Å². The second-order valence-corrected chi connectivity index (χ2v) is 15.0. The second-order valence-electron chi connectivity index (χ2n) is 12.5. The van der Waals surface area contributed by atoms with Crippen molar-refractivity contribution in [3.8, 4) is 0 Å². The molecule has 3 N–H and O–H groups in total. The molecule has 10 nitrogen and oxygen atoms in total. The van der Waals surface area contributed by atoms with Crippen LogP contribution in [0.3, 0.4) is 0 Å². The Balaban J connectivity index is 1.43. The highest BCUT2D eigenvalue weighted by atomic mass is 35.5. The predicted octanol–water partition coefficient (Wildman–Crippen LogP) is 4.93. The number of nitrogens with zero attached hydrogens (tertiary/aromatic N) is 2. The number of sulfonamides is 1. The van der Waals surface area contributed by atoms with Gasteiger partial charge in [0.05, 0.1) is 36.9 Å². The quantitative estimate of drug-likeness (QED) is 0.333. The molecule has 1 aromatic heterocycles. The molecule has 1 saturated carbocycles. The van der Waals surface area contributed by atoms with Gasteiger partial charge in [-0.15, -0.1) is 0 Å². The van der Waals surface area contributed by atoms with Crippen LogP contribution in [0.2, 0.25) is 5.02 Å². The first-order valence-corrected chi connectivity index (χ1v) is 17.6. The number of amides is 2. The van der Waals surface area contributed by atoms with Crippen LogP contribution in [0.4, 0.5) is 28.0 Å². The molecule has 4 atom stereocenters. The summed E-state index contributed by atoms with van der Waals surface area (Å²) >= 11 is 6.11. The van der Waals surface area contributed by atoms with Crippen LogP contribution in [0, 0.1) is 11.7 Å². The number of aromatic nitrogens is 1. The highest BCUT2D eigenvalue weighted by molar-refractivity contribution is 7.89. The van der Waals surface area contributed by atoms with Crippen molar-refractivity contribution in [1.82, 2.24) is 19.9 Å². The number of halogens is 5. The maximum absolute atomic E-state index is 15.3. The lowest BCUT2D eigenvalue weighted by Crippen LogP contribution is -2.58. The first-order chi connectivity index (χ1) is 22.2. The van der Waals surface area contributed by atoms with E-state index in [1.165, 1.54) is 10.5 Å². The number of anilines is 1. The van der Waals surface area contributed by atoms with E-state index in [-0.39, 0.29) is 61.6 Å². The van der Waals surface area contributed by atoms with E-state index in [4.69, 9.17) is 16.3 Å². The van der Waals surface area contributed by atoms with Gasteiger partial charge in [0.1, 0.15) is 11.9 Å². The molecule has 2 saturated heterocycles. The molecule has 1 unspecified atom stereocenters. The van der Waals surface area contributed by atoms with Gasteiger partial charge in [-0.3, -0.25) is 9.78 Å². The smallest absolute Gasteiger partial charge is 0.407 e. The van der Waals surface area contributed by atoms with Crippen molar-refractivity contribution in [2.75, 3.05) is 31.3 Å². The van der Waals surface area contributed by atoms with Crippen LogP contribution >= 0.6 is 11.6 Å². The summed E-state index contributed by atoms with van der Waals surface area (Å²) in [6.07, 6.45) is -2.36. The Hall–Kier alpha value is -3.01. The first kappa shape index (κ1) is 35.3. The van der Waals surface area contributed by atoms with Crippen molar-refractivity contribution >= 4 is 39.3 Å². The van der Waals surface area contributed by atoms with Gasteiger partial charge in [0, 0.05) is 41.2 Å².